The Kier molecular flexibility index (Phi) is 3.71. The van der Waals surface area contributed by atoms with Gasteiger partial charge in [0.05, 0.1) is 16.8 Å². The standard InChI is InChI=1S/C13H17NO3S/c1-2-9-4-5-10(18-9)12(17)14-13(6-3-7-13)8-11(15)16/h4-5H,2-3,6-8H2,1H3,(H,14,17)(H,15,16). The number of rotatable bonds is 5. The third-order valence-corrected chi connectivity index (χ3v) is 4.64. The van der Waals surface area contributed by atoms with Gasteiger partial charge in [-0.15, -0.1) is 11.3 Å². The number of carboxylic acid groups (broad SMARTS) is 1. The molecule has 0 spiro atoms. The highest BCUT2D eigenvalue weighted by molar-refractivity contribution is 7.14. The van der Waals surface area contributed by atoms with E-state index in [0.29, 0.717) is 4.88 Å². The van der Waals surface area contributed by atoms with Gasteiger partial charge in [-0.3, -0.25) is 9.59 Å². The predicted molar refractivity (Wildman–Crippen MR) is 70.0 cm³/mol. The Bertz CT molecular complexity index is 463. The minimum absolute atomic E-state index is 0.0186. The second-order valence-electron chi connectivity index (χ2n) is 4.78. The normalized spacial score (nSPS) is 16.9. The Hall–Kier alpha value is -1.36. The molecular weight excluding hydrogens is 250 g/mol. The van der Waals surface area contributed by atoms with E-state index in [1.54, 1.807) is 0 Å². The van der Waals surface area contributed by atoms with Gasteiger partial charge in [-0.2, -0.15) is 0 Å². The first kappa shape index (κ1) is 13.1. The summed E-state index contributed by atoms with van der Waals surface area (Å²) in [7, 11) is 0. The fraction of sp³-hybridized carbons (Fsp3) is 0.538. The lowest BCUT2D eigenvalue weighted by Crippen LogP contribution is -2.54. The maximum Gasteiger partial charge on any atom is 0.305 e. The molecule has 4 nitrogen and oxygen atoms in total. The van der Waals surface area contributed by atoms with E-state index in [9.17, 15) is 9.59 Å². The van der Waals surface area contributed by atoms with Crippen LogP contribution in [0.2, 0.25) is 0 Å². The number of hydrogen-bond donors (Lipinski definition) is 2. The van der Waals surface area contributed by atoms with E-state index >= 15 is 0 Å². The van der Waals surface area contributed by atoms with Gasteiger partial charge in [0.15, 0.2) is 0 Å². The highest BCUT2D eigenvalue weighted by Crippen LogP contribution is 2.35. The van der Waals surface area contributed by atoms with Crippen molar-refractivity contribution in [3.63, 3.8) is 0 Å². The lowest BCUT2D eigenvalue weighted by atomic mass is 9.74. The summed E-state index contributed by atoms with van der Waals surface area (Å²) in [4.78, 5) is 24.7. The van der Waals surface area contributed by atoms with Gasteiger partial charge >= 0.3 is 5.97 Å². The highest BCUT2D eigenvalue weighted by Gasteiger charge is 2.40. The second-order valence-corrected chi connectivity index (χ2v) is 5.95. The molecule has 98 valence electrons. The van der Waals surface area contributed by atoms with Crippen molar-refractivity contribution in [2.45, 2.75) is 44.6 Å². The molecule has 0 bridgehead atoms. The molecule has 5 heteroatoms. The largest absolute Gasteiger partial charge is 0.481 e. The van der Waals surface area contributed by atoms with Gasteiger partial charge in [0, 0.05) is 4.88 Å². The molecule has 1 aliphatic carbocycles. The molecule has 1 aliphatic rings. The van der Waals surface area contributed by atoms with Crippen LogP contribution in [-0.4, -0.2) is 22.5 Å². The van der Waals surface area contributed by atoms with E-state index in [1.807, 2.05) is 19.1 Å². The number of aliphatic carboxylic acids is 1. The van der Waals surface area contributed by atoms with E-state index in [-0.39, 0.29) is 12.3 Å². The Morgan fingerprint density at radius 2 is 2.17 bits per heavy atom. The first-order chi connectivity index (χ1) is 8.54. The zero-order chi connectivity index (χ0) is 13.2. The summed E-state index contributed by atoms with van der Waals surface area (Å²) in [5, 5.41) is 11.8. The van der Waals surface area contributed by atoms with Crippen LogP contribution in [0.25, 0.3) is 0 Å². The van der Waals surface area contributed by atoms with Crippen LogP contribution >= 0.6 is 11.3 Å². The molecule has 18 heavy (non-hydrogen) atoms. The molecule has 1 saturated carbocycles. The molecule has 0 atom stereocenters. The smallest absolute Gasteiger partial charge is 0.305 e. The molecule has 0 unspecified atom stereocenters. The molecule has 2 N–H and O–H groups in total. The Labute approximate surface area is 110 Å². The average Bonchev–Trinajstić information content (AvgIpc) is 2.73. The van der Waals surface area contributed by atoms with E-state index in [0.717, 1.165) is 25.7 Å². The summed E-state index contributed by atoms with van der Waals surface area (Å²) in [6.07, 6.45) is 3.44. The topological polar surface area (TPSA) is 66.4 Å². The maximum atomic E-state index is 12.1. The van der Waals surface area contributed by atoms with E-state index < -0.39 is 11.5 Å². The Morgan fingerprint density at radius 3 is 2.61 bits per heavy atom. The Balaban J connectivity index is 2.03. The van der Waals surface area contributed by atoms with Crippen LogP contribution in [0.15, 0.2) is 12.1 Å². The van der Waals surface area contributed by atoms with Gasteiger partial charge < -0.3 is 10.4 Å². The number of aryl methyl sites for hydroxylation is 1. The van der Waals surface area contributed by atoms with E-state index in [2.05, 4.69) is 5.32 Å². The number of hydrogen-bond acceptors (Lipinski definition) is 3. The van der Waals surface area contributed by atoms with Gasteiger partial charge in [-0.1, -0.05) is 6.92 Å². The SMILES string of the molecule is CCc1ccc(C(=O)NC2(CC(=O)O)CCC2)s1. The second kappa shape index (κ2) is 5.10. The van der Waals surface area contributed by atoms with E-state index in [1.165, 1.54) is 16.2 Å². The summed E-state index contributed by atoms with van der Waals surface area (Å²) >= 11 is 1.48. The van der Waals surface area contributed by atoms with Crippen LogP contribution in [0.3, 0.4) is 0 Å². The van der Waals surface area contributed by atoms with Gasteiger partial charge in [-0.05, 0) is 37.8 Å². The zero-order valence-corrected chi connectivity index (χ0v) is 11.2. The zero-order valence-electron chi connectivity index (χ0n) is 10.4. The molecule has 1 heterocycles. The predicted octanol–water partition coefficient (Wildman–Crippen LogP) is 2.44. The lowest BCUT2D eigenvalue weighted by Gasteiger charge is -2.41. The van der Waals surface area contributed by atoms with Crippen molar-refractivity contribution in [2.75, 3.05) is 0 Å². The third kappa shape index (κ3) is 2.72. The van der Waals surface area contributed by atoms with Gasteiger partial charge in [0.1, 0.15) is 0 Å². The van der Waals surface area contributed by atoms with Gasteiger partial charge in [0.2, 0.25) is 0 Å². The average molecular weight is 267 g/mol. The highest BCUT2D eigenvalue weighted by atomic mass is 32.1. The molecule has 0 aromatic carbocycles. The first-order valence-electron chi connectivity index (χ1n) is 6.18. The van der Waals surface area contributed by atoms with Gasteiger partial charge in [0.25, 0.3) is 5.91 Å². The third-order valence-electron chi connectivity index (χ3n) is 3.41. The van der Waals surface area contributed by atoms with Crippen molar-refractivity contribution >= 4 is 23.2 Å². The summed E-state index contributed by atoms with van der Waals surface area (Å²) in [6.45, 7) is 2.05. The molecule has 1 aromatic heterocycles. The van der Waals surface area contributed by atoms with Crippen molar-refractivity contribution in [1.29, 1.82) is 0 Å². The number of amides is 1. The number of carboxylic acids is 1. The molecule has 1 fully saturated rings. The quantitative estimate of drug-likeness (QED) is 0.861. The molecule has 2 rings (SSSR count). The maximum absolute atomic E-state index is 12.1. The fourth-order valence-corrected chi connectivity index (χ4v) is 3.07. The summed E-state index contributed by atoms with van der Waals surface area (Å²) in [6, 6.07) is 3.76. The number of thiophene rings is 1. The molecule has 1 aromatic rings. The van der Waals surface area contributed by atoms with Crippen LogP contribution in [0, 0.1) is 0 Å². The molecule has 0 saturated heterocycles. The molecule has 0 aliphatic heterocycles. The van der Waals surface area contributed by atoms with Crippen molar-refractivity contribution < 1.29 is 14.7 Å². The number of carbonyl (C=O) groups is 2. The first-order valence-corrected chi connectivity index (χ1v) is 6.99. The van der Waals surface area contributed by atoms with Crippen molar-refractivity contribution in [2.24, 2.45) is 0 Å². The molecule has 0 radical (unpaired) electrons. The van der Waals surface area contributed by atoms with Crippen LogP contribution in [0.1, 0.15) is 47.2 Å². The van der Waals surface area contributed by atoms with E-state index in [4.69, 9.17) is 5.11 Å². The summed E-state index contributed by atoms with van der Waals surface area (Å²) < 4.78 is 0. The van der Waals surface area contributed by atoms with Crippen LogP contribution in [0.4, 0.5) is 0 Å². The fourth-order valence-electron chi connectivity index (χ4n) is 2.23. The minimum atomic E-state index is -0.851. The van der Waals surface area contributed by atoms with Crippen LogP contribution in [-0.2, 0) is 11.2 Å². The monoisotopic (exact) mass is 267 g/mol. The summed E-state index contributed by atoms with van der Waals surface area (Å²) in [5.74, 6) is -0.990. The Morgan fingerprint density at radius 1 is 1.44 bits per heavy atom. The number of carbonyl (C=O) groups excluding carboxylic acids is 1. The minimum Gasteiger partial charge on any atom is -0.481 e. The molecule has 1 amide bonds. The lowest BCUT2D eigenvalue weighted by molar-refractivity contribution is -0.139. The van der Waals surface area contributed by atoms with Gasteiger partial charge in [-0.25, -0.2) is 0 Å². The number of nitrogens with one attached hydrogen (secondary N) is 1. The summed E-state index contributed by atoms with van der Waals surface area (Å²) in [5.41, 5.74) is -0.515. The van der Waals surface area contributed by atoms with Crippen LogP contribution in [0.5, 0.6) is 0 Å². The van der Waals surface area contributed by atoms with Crippen molar-refractivity contribution in [1.82, 2.24) is 5.32 Å². The van der Waals surface area contributed by atoms with Crippen molar-refractivity contribution in [3.8, 4) is 0 Å². The van der Waals surface area contributed by atoms with Crippen LogP contribution < -0.4 is 5.32 Å². The molecular formula is C13H17NO3S. The van der Waals surface area contributed by atoms with Crippen molar-refractivity contribution in [3.05, 3.63) is 21.9 Å².